The summed E-state index contributed by atoms with van der Waals surface area (Å²) in [7, 11) is 0. The zero-order chi connectivity index (χ0) is 19.8. The Bertz CT molecular complexity index is 877. The normalized spacial score (nSPS) is 28.2. The molecule has 4 nitrogen and oxygen atoms in total. The van der Waals surface area contributed by atoms with Crippen LogP contribution in [0.3, 0.4) is 0 Å². The molecule has 4 aliphatic rings. The largest absolute Gasteiger partial charge is 0.367 e. The molecule has 4 heterocycles. The first-order valence-electron chi connectivity index (χ1n) is 10.7. The van der Waals surface area contributed by atoms with Gasteiger partial charge in [-0.3, -0.25) is 4.79 Å². The highest BCUT2D eigenvalue weighted by Gasteiger charge is 2.36. The maximum Gasteiger partial charge on any atom is 0.249 e. The van der Waals surface area contributed by atoms with Gasteiger partial charge in [0.05, 0.1) is 12.1 Å². The molecule has 0 spiro atoms. The fraction of sp³-hybridized carbons (Fsp3) is 0.458. The number of benzene rings is 2. The topological polar surface area (TPSA) is 32.8 Å². The van der Waals surface area contributed by atoms with Gasteiger partial charge in [-0.05, 0) is 67.1 Å². The van der Waals surface area contributed by atoms with Crippen LogP contribution in [0.15, 0.2) is 48.5 Å². The number of carbonyl (C=O) groups excluding carboxylic acids is 1. The van der Waals surface area contributed by atoms with Crippen molar-refractivity contribution in [1.82, 2.24) is 9.80 Å². The summed E-state index contributed by atoms with van der Waals surface area (Å²) >= 11 is 0. The molecule has 29 heavy (non-hydrogen) atoms. The quantitative estimate of drug-likeness (QED) is 0.797. The number of amides is 1. The molecule has 0 aromatic heterocycles. The van der Waals surface area contributed by atoms with Crippen molar-refractivity contribution in [3.8, 4) is 0 Å². The third-order valence-corrected chi connectivity index (χ3v) is 6.81. The highest BCUT2D eigenvalue weighted by molar-refractivity contribution is 5.79. The van der Waals surface area contributed by atoms with E-state index in [1.54, 1.807) is 12.1 Å². The van der Waals surface area contributed by atoms with E-state index >= 15 is 0 Å². The van der Waals surface area contributed by atoms with Gasteiger partial charge < -0.3 is 14.5 Å². The summed E-state index contributed by atoms with van der Waals surface area (Å²) in [6.45, 7) is 4.04. The van der Waals surface area contributed by atoms with Crippen LogP contribution in [0.1, 0.15) is 35.6 Å². The molecule has 4 aliphatic heterocycles. The van der Waals surface area contributed by atoms with Gasteiger partial charge in [0.1, 0.15) is 12.4 Å². The second-order valence-electron chi connectivity index (χ2n) is 8.48. The lowest BCUT2D eigenvalue weighted by molar-refractivity contribution is -0.145. The van der Waals surface area contributed by atoms with E-state index in [9.17, 15) is 9.18 Å². The van der Waals surface area contributed by atoms with Crippen molar-refractivity contribution in [3.05, 3.63) is 71.0 Å². The minimum absolute atomic E-state index is 0.0188. The van der Waals surface area contributed by atoms with Crippen LogP contribution < -0.4 is 0 Å². The number of hydrogen-bond donors (Lipinski definition) is 0. The van der Waals surface area contributed by atoms with Crippen LogP contribution in [0.4, 0.5) is 4.39 Å². The van der Waals surface area contributed by atoms with Gasteiger partial charge in [-0.1, -0.05) is 36.4 Å². The van der Waals surface area contributed by atoms with Crippen molar-refractivity contribution >= 4 is 5.91 Å². The lowest BCUT2D eigenvalue weighted by Gasteiger charge is -2.44. The average Bonchev–Trinajstić information content (AvgIpc) is 2.78. The van der Waals surface area contributed by atoms with Gasteiger partial charge in [-0.15, -0.1) is 0 Å². The number of rotatable bonds is 4. The summed E-state index contributed by atoms with van der Waals surface area (Å²) in [6.07, 6.45) is 3.35. The molecular weight excluding hydrogens is 367 g/mol. The molecular formula is C24H27FN2O2. The maximum absolute atomic E-state index is 13.5. The minimum Gasteiger partial charge on any atom is -0.367 e. The van der Waals surface area contributed by atoms with E-state index < -0.39 is 0 Å². The molecule has 1 amide bonds. The number of nitrogens with zero attached hydrogens (tertiary/aromatic N) is 2. The molecule has 0 N–H and O–H groups in total. The van der Waals surface area contributed by atoms with E-state index in [4.69, 9.17) is 4.74 Å². The number of ether oxygens (including phenoxy) is 1. The van der Waals surface area contributed by atoms with Gasteiger partial charge in [0.2, 0.25) is 5.91 Å². The Balaban J connectivity index is 1.36. The van der Waals surface area contributed by atoms with E-state index in [1.807, 2.05) is 17.0 Å². The third-order valence-electron chi connectivity index (χ3n) is 6.81. The van der Waals surface area contributed by atoms with E-state index in [1.165, 1.54) is 30.5 Å². The van der Waals surface area contributed by atoms with Crippen LogP contribution in [0.2, 0.25) is 0 Å². The van der Waals surface area contributed by atoms with Crippen molar-refractivity contribution in [2.24, 2.45) is 5.92 Å². The van der Waals surface area contributed by atoms with E-state index in [-0.39, 0.29) is 30.5 Å². The zero-order valence-corrected chi connectivity index (χ0v) is 16.6. The Morgan fingerprint density at radius 3 is 2.52 bits per heavy atom. The molecule has 0 saturated carbocycles. The van der Waals surface area contributed by atoms with Crippen molar-refractivity contribution in [2.45, 2.75) is 31.4 Å². The van der Waals surface area contributed by atoms with Crippen LogP contribution in [0.25, 0.3) is 0 Å². The SMILES string of the molecule is O=C(COC1CN2CCC1CC2)N1CCc2ccccc2[C@@H]1c1ccc(F)cc1. The molecule has 5 heteroatoms. The van der Waals surface area contributed by atoms with Crippen LogP contribution in [-0.2, 0) is 16.0 Å². The minimum atomic E-state index is -0.263. The van der Waals surface area contributed by atoms with E-state index in [2.05, 4.69) is 17.0 Å². The molecule has 152 valence electrons. The maximum atomic E-state index is 13.5. The number of hydrogen-bond acceptors (Lipinski definition) is 3. The van der Waals surface area contributed by atoms with Crippen LogP contribution >= 0.6 is 0 Å². The highest BCUT2D eigenvalue weighted by Crippen LogP contribution is 2.35. The standard InChI is InChI=1S/C24H27FN2O2/c25-20-7-5-19(6-8-20)24-21-4-2-1-3-17(21)11-14-27(24)23(28)16-29-22-15-26-12-9-18(22)10-13-26/h1-8,18,22,24H,9-16H2/t22?,24-/m0/s1. The Morgan fingerprint density at radius 2 is 1.79 bits per heavy atom. The van der Waals surface area contributed by atoms with Crippen molar-refractivity contribution in [1.29, 1.82) is 0 Å². The summed E-state index contributed by atoms with van der Waals surface area (Å²) in [5.74, 6) is 0.342. The fourth-order valence-corrected chi connectivity index (χ4v) is 5.20. The van der Waals surface area contributed by atoms with Gasteiger partial charge in [0.25, 0.3) is 0 Å². The van der Waals surface area contributed by atoms with E-state index in [0.29, 0.717) is 12.5 Å². The van der Waals surface area contributed by atoms with Gasteiger partial charge >= 0.3 is 0 Å². The molecule has 2 bridgehead atoms. The van der Waals surface area contributed by atoms with Crippen LogP contribution in [0.5, 0.6) is 0 Å². The Labute approximate surface area is 171 Å². The van der Waals surface area contributed by atoms with Crippen LogP contribution in [0, 0.1) is 11.7 Å². The Kier molecular flexibility index (Phi) is 5.10. The van der Waals surface area contributed by atoms with Gasteiger partial charge in [-0.2, -0.15) is 0 Å². The number of carbonyl (C=O) groups is 1. The summed E-state index contributed by atoms with van der Waals surface area (Å²) < 4.78 is 19.6. The first kappa shape index (κ1) is 18.8. The van der Waals surface area contributed by atoms with Gasteiger partial charge in [0.15, 0.2) is 0 Å². The van der Waals surface area contributed by atoms with Crippen molar-refractivity contribution in [3.63, 3.8) is 0 Å². The molecule has 6 rings (SSSR count). The molecule has 3 saturated heterocycles. The van der Waals surface area contributed by atoms with Gasteiger partial charge in [-0.25, -0.2) is 4.39 Å². The monoisotopic (exact) mass is 394 g/mol. The molecule has 2 aromatic carbocycles. The smallest absolute Gasteiger partial charge is 0.249 e. The fourth-order valence-electron chi connectivity index (χ4n) is 5.20. The predicted molar refractivity (Wildman–Crippen MR) is 109 cm³/mol. The second kappa shape index (κ2) is 7.88. The van der Waals surface area contributed by atoms with Crippen molar-refractivity contribution in [2.75, 3.05) is 32.8 Å². The summed E-state index contributed by atoms with van der Waals surface area (Å²) in [4.78, 5) is 17.6. The summed E-state index contributed by atoms with van der Waals surface area (Å²) in [5.41, 5.74) is 3.32. The van der Waals surface area contributed by atoms with E-state index in [0.717, 1.165) is 37.2 Å². The lowest BCUT2D eigenvalue weighted by atomic mass is 9.86. The van der Waals surface area contributed by atoms with Gasteiger partial charge in [0, 0.05) is 13.1 Å². The lowest BCUT2D eigenvalue weighted by Crippen LogP contribution is -2.52. The predicted octanol–water partition coefficient (Wildman–Crippen LogP) is 3.41. The average molecular weight is 394 g/mol. The number of fused-ring (bicyclic) bond motifs is 4. The summed E-state index contributed by atoms with van der Waals surface area (Å²) in [5, 5.41) is 0. The molecule has 2 atom stereocenters. The molecule has 1 unspecified atom stereocenters. The Morgan fingerprint density at radius 1 is 1.03 bits per heavy atom. The highest BCUT2D eigenvalue weighted by atomic mass is 19.1. The molecule has 0 radical (unpaired) electrons. The molecule has 0 aliphatic carbocycles. The first-order chi connectivity index (χ1) is 14.2. The summed E-state index contributed by atoms with van der Waals surface area (Å²) in [6, 6.07) is 14.6. The second-order valence-corrected chi connectivity index (χ2v) is 8.48. The molecule has 2 aromatic rings. The third kappa shape index (κ3) is 3.69. The van der Waals surface area contributed by atoms with Crippen LogP contribution in [-0.4, -0.2) is 54.6 Å². The number of piperidine rings is 3. The molecule has 3 fully saturated rings. The first-order valence-corrected chi connectivity index (χ1v) is 10.7. The number of halogens is 1. The Hall–Kier alpha value is -2.24. The zero-order valence-electron chi connectivity index (χ0n) is 16.6. The van der Waals surface area contributed by atoms with Crippen molar-refractivity contribution < 1.29 is 13.9 Å².